The predicted molar refractivity (Wildman–Crippen MR) is 39.9 cm³/mol. The molecule has 2 N–H and O–H groups in total. The van der Waals surface area contributed by atoms with Gasteiger partial charge in [-0.25, -0.2) is 0 Å². The summed E-state index contributed by atoms with van der Waals surface area (Å²) in [7, 11) is 0. The summed E-state index contributed by atoms with van der Waals surface area (Å²) in [5.74, 6) is 0. The van der Waals surface area contributed by atoms with Crippen LogP contribution >= 0.6 is 0 Å². The maximum absolute atomic E-state index is 6.52. The van der Waals surface area contributed by atoms with E-state index in [4.69, 9.17) is 5.41 Å². The van der Waals surface area contributed by atoms with E-state index in [1.165, 1.54) is 25.7 Å². The molecular weight excluding hydrogens is 112 g/mol. The van der Waals surface area contributed by atoms with Crippen molar-refractivity contribution in [2.24, 2.45) is 0 Å². The van der Waals surface area contributed by atoms with Crippen LogP contribution in [0.1, 0.15) is 32.6 Å². The van der Waals surface area contributed by atoms with Crippen LogP contribution in [-0.4, -0.2) is 12.9 Å². The Hall–Kier alpha value is -0.530. The zero-order chi connectivity index (χ0) is 6.95. The van der Waals surface area contributed by atoms with Crippen molar-refractivity contribution in [2.75, 3.05) is 6.54 Å². The lowest BCUT2D eigenvalue weighted by molar-refractivity contribution is 0.656. The number of hydrogen-bond donors (Lipinski definition) is 2. The van der Waals surface area contributed by atoms with Gasteiger partial charge in [0, 0.05) is 6.54 Å². The standard InChI is InChI=1S/C7H15N2/c1-2-3-4-5-6-9-7-8/h2-6H2,1H3,(H2,8,9). The van der Waals surface area contributed by atoms with Gasteiger partial charge in [-0.3, -0.25) is 5.41 Å². The van der Waals surface area contributed by atoms with Gasteiger partial charge in [-0.15, -0.1) is 0 Å². The topological polar surface area (TPSA) is 35.9 Å². The van der Waals surface area contributed by atoms with Crippen LogP contribution in [0, 0.1) is 5.41 Å². The molecule has 0 aromatic heterocycles. The van der Waals surface area contributed by atoms with Gasteiger partial charge < -0.3 is 5.32 Å². The third-order valence-electron chi connectivity index (χ3n) is 1.24. The Morgan fingerprint density at radius 2 is 2.11 bits per heavy atom. The second kappa shape index (κ2) is 7.47. The molecule has 0 heterocycles. The fourth-order valence-corrected chi connectivity index (χ4v) is 0.703. The first-order chi connectivity index (χ1) is 4.41. The molecule has 2 heteroatoms. The number of rotatable bonds is 6. The van der Waals surface area contributed by atoms with Crippen molar-refractivity contribution in [3.63, 3.8) is 0 Å². The molecule has 0 aliphatic heterocycles. The molecular formula is C7H15N2. The summed E-state index contributed by atoms with van der Waals surface area (Å²) in [4.78, 5) is 0. The number of hydrogen-bond acceptors (Lipinski definition) is 1. The summed E-state index contributed by atoms with van der Waals surface area (Å²) in [6, 6.07) is 0. The van der Waals surface area contributed by atoms with Crippen LogP contribution in [-0.2, 0) is 0 Å². The monoisotopic (exact) mass is 127 g/mol. The van der Waals surface area contributed by atoms with Crippen molar-refractivity contribution in [1.29, 1.82) is 5.41 Å². The highest BCUT2D eigenvalue weighted by molar-refractivity contribution is 5.49. The third-order valence-corrected chi connectivity index (χ3v) is 1.24. The van der Waals surface area contributed by atoms with E-state index in [1.807, 2.05) is 0 Å². The van der Waals surface area contributed by atoms with E-state index in [0.717, 1.165) is 6.54 Å². The van der Waals surface area contributed by atoms with Gasteiger partial charge in [-0.2, -0.15) is 0 Å². The molecule has 0 atom stereocenters. The molecule has 0 unspecified atom stereocenters. The van der Waals surface area contributed by atoms with Crippen molar-refractivity contribution >= 4 is 6.34 Å². The first-order valence-corrected chi connectivity index (χ1v) is 3.56. The average molecular weight is 127 g/mol. The van der Waals surface area contributed by atoms with Crippen LogP contribution in [0.15, 0.2) is 0 Å². The van der Waals surface area contributed by atoms with E-state index in [2.05, 4.69) is 18.6 Å². The molecule has 0 amide bonds. The normalized spacial score (nSPS) is 9.00. The summed E-state index contributed by atoms with van der Waals surface area (Å²) < 4.78 is 0. The van der Waals surface area contributed by atoms with Gasteiger partial charge in [0.25, 0.3) is 0 Å². The molecule has 0 rings (SSSR count). The maximum atomic E-state index is 6.52. The molecule has 0 saturated heterocycles. The lowest BCUT2D eigenvalue weighted by Crippen LogP contribution is -2.11. The second-order valence-corrected chi connectivity index (χ2v) is 2.11. The summed E-state index contributed by atoms with van der Waals surface area (Å²) in [5, 5.41) is 9.25. The highest BCUT2D eigenvalue weighted by Gasteiger charge is 1.83. The van der Waals surface area contributed by atoms with Crippen LogP contribution in [0.4, 0.5) is 0 Å². The zero-order valence-corrected chi connectivity index (χ0v) is 6.04. The van der Waals surface area contributed by atoms with E-state index in [0.29, 0.717) is 0 Å². The molecule has 0 spiro atoms. The van der Waals surface area contributed by atoms with Crippen LogP contribution in [0.25, 0.3) is 0 Å². The summed E-state index contributed by atoms with van der Waals surface area (Å²) in [6.07, 6.45) is 7.16. The van der Waals surface area contributed by atoms with Gasteiger partial charge in [0.1, 0.15) is 0 Å². The number of nitrogens with one attached hydrogen (secondary N) is 2. The Bertz CT molecular complexity index is 61.9. The fourth-order valence-electron chi connectivity index (χ4n) is 0.703. The lowest BCUT2D eigenvalue weighted by atomic mass is 10.2. The Kier molecular flexibility index (Phi) is 7.03. The van der Waals surface area contributed by atoms with Gasteiger partial charge in [-0.1, -0.05) is 26.2 Å². The fraction of sp³-hybridized carbons (Fsp3) is 0.857. The minimum absolute atomic E-state index is 0.906. The van der Waals surface area contributed by atoms with Crippen LogP contribution < -0.4 is 5.32 Å². The average Bonchev–Trinajstić information content (AvgIpc) is 1.89. The number of unbranched alkanes of at least 4 members (excludes halogenated alkanes) is 3. The van der Waals surface area contributed by atoms with E-state index in [-0.39, 0.29) is 0 Å². The summed E-state index contributed by atoms with van der Waals surface area (Å²) in [6.45, 7) is 3.10. The molecule has 0 aromatic carbocycles. The van der Waals surface area contributed by atoms with Crippen LogP contribution in [0.3, 0.4) is 0 Å². The Morgan fingerprint density at radius 1 is 1.33 bits per heavy atom. The van der Waals surface area contributed by atoms with Gasteiger partial charge in [0.2, 0.25) is 0 Å². The Morgan fingerprint density at radius 3 is 2.67 bits per heavy atom. The van der Waals surface area contributed by atoms with Crippen molar-refractivity contribution < 1.29 is 0 Å². The van der Waals surface area contributed by atoms with Crippen molar-refractivity contribution in [2.45, 2.75) is 32.6 Å². The van der Waals surface area contributed by atoms with Gasteiger partial charge in [-0.05, 0) is 6.42 Å². The Balaban J connectivity index is 2.66. The van der Waals surface area contributed by atoms with Gasteiger partial charge >= 0.3 is 0 Å². The molecule has 0 bridgehead atoms. The molecule has 1 radical (unpaired) electrons. The summed E-state index contributed by atoms with van der Waals surface area (Å²) >= 11 is 0. The van der Waals surface area contributed by atoms with E-state index in [9.17, 15) is 0 Å². The molecule has 0 aliphatic rings. The molecule has 53 valence electrons. The molecule has 0 aromatic rings. The first kappa shape index (κ1) is 8.47. The minimum Gasteiger partial charge on any atom is -0.367 e. The van der Waals surface area contributed by atoms with E-state index >= 15 is 0 Å². The van der Waals surface area contributed by atoms with Crippen LogP contribution in [0.5, 0.6) is 0 Å². The molecule has 0 saturated carbocycles. The molecule has 9 heavy (non-hydrogen) atoms. The molecule has 0 fully saturated rings. The SMILES string of the molecule is CCCCCCN[C]=N. The smallest absolute Gasteiger partial charge is 0.161 e. The first-order valence-electron chi connectivity index (χ1n) is 3.56. The van der Waals surface area contributed by atoms with Crippen molar-refractivity contribution in [3.05, 3.63) is 0 Å². The van der Waals surface area contributed by atoms with Crippen molar-refractivity contribution in [1.82, 2.24) is 5.32 Å². The molecule has 2 nitrogen and oxygen atoms in total. The zero-order valence-electron chi connectivity index (χ0n) is 6.04. The van der Waals surface area contributed by atoms with Crippen molar-refractivity contribution in [3.8, 4) is 0 Å². The maximum Gasteiger partial charge on any atom is 0.161 e. The highest BCUT2D eigenvalue weighted by atomic mass is 14.9. The Labute approximate surface area is 57.2 Å². The van der Waals surface area contributed by atoms with E-state index < -0.39 is 0 Å². The summed E-state index contributed by atoms with van der Waals surface area (Å²) in [5.41, 5.74) is 0. The third kappa shape index (κ3) is 7.47. The minimum atomic E-state index is 0.906. The quantitative estimate of drug-likeness (QED) is 0.242. The van der Waals surface area contributed by atoms with Gasteiger partial charge in [0.15, 0.2) is 6.34 Å². The van der Waals surface area contributed by atoms with Gasteiger partial charge in [0.05, 0.1) is 0 Å². The lowest BCUT2D eigenvalue weighted by Gasteiger charge is -1.96. The van der Waals surface area contributed by atoms with Crippen LogP contribution in [0.2, 0.25) is 0 Å². The second-order valence-electron chi connectivity index (χ2n) is 2.11. The largest absolute Gasteiger partial charge is 0.367 e. The highest BCUT2D eigenvalue weighted by Crippen LogP contribution is 1.96. The van der Waals surface area contributed by atoms with E-state index in [1.54, 1.807) is 0 Å². The molecule has 0 aliphatic carbocycles. The predicted octanol–water partition coefficient (Wildman–Crippen LogP) is 1.64.